The zero-order chi connectivity index (χ0) is 19.7. The average molecular weight is 379 g/mol. The summed E-state index contributed by atoms with van der Waals surface area (Å²) in [7, 11) is 0. The molecule has 150 valence electrons. The molecule has 2 aromatic heterocycles. The molecule has 2 aliphatic rings. The summed E-state index contributed by atoms with van der Waals surface area (Å²) < 4.78 is 0. The minimum absolute atomic E-state index is 0.464. The molecule has 4 heteroatoms. The second kappa shape index (κ2) is 8.10. The number of anilines is 2. The number of hydrogen-bond donors (Lipinski definition) is 0. The molecule has 0 saturated carbocycles. The number of pyridine rings is 2. The lowest BCUT2D eigenvalue weighted by Crippen LogP contribution is -2.21. The highest BCUT2D eigenvalue weighted by Crippen LogP contribution is 2.34. The van der Waals surface area contributed by atoms with E-state index in [1.807, 2.05) is 6.20 Å². The molecule has 0 aromatic carbocycles. The molecule has 2 aromatic rings. The van der Waals surface area contributed by atoms with E-state index in [2.05, 4.69) is 66.7 Å². The molecule has 1 atom stereocenters. The molecule has 0 bridgehead atoms. The first-order valence-corrected chi connectivity index (χ1v) is 11.0. The Morgan fingerprint density at radius 1 is 0.857 bits per heavy atom. The molecule has 1 unspecified atom stereocenters. The normalized spacial score (nSPS) is 20.0. The molecule has 4 nitrogen and oxygen atoms in total. The third kappa shape index (κ3) is 4.01. The van der Waals surface area contributed by atoms with Gasteiger partial charge in [0.15, 0.2) is 0 Å². The van der Waals surface area contributed by atoms with E-state index < -0.39 is 0 Å². The summed E-state index contributed by atoms with van der Waals surface area (Å²) in [5, 5.41) is 0. The Balaban J connectivity index is 1.57. The van der Waals surface area contributed by atoms with Crippen molar-refractivity contribution in [1.29, 1.82) is 0 Å². The van der Waals surface area contributed by atoms with Gasteiger partial charge in [0.1, 0.15) is 0 Å². The van der Waals surface area contributed by atoms with Crippen LogP contribution in [0.3, 0.4) is 0 Å². The van der Waals surface area contributed by atoms with Crippen LogP contribution in [0.1, 0.15) is 81.8 Å². The molecule has 2 fully saturated rings. The van der Waals surface area contributed by atoms with Crippen molar-refractivity contribution in [2.75, 3.05) is 36.0 Å². The summed E-state index contributed by atoms with van der Waals surface area (Å²) in [5.74, 6) is 1.44. The third-order valence-corrected chi connectivity index (χ3v) is 6.24. The van der Waals surface area contributed by atoms with E-state index in [0.717, 1.165) is 13.1 Å². The van der Waals surface area contributed by atoms with Crippen molar-refractivity contribution in [3.8, 4) is 0 Å². The Labute approximate surface area is 170 Å². The summed E-state index contributed by atoms with van der Waals surface area (Å²) in [4.78, 5) is 14.7. The topological polar surface area (TPSA) is 32.3 Å². The van der Waals surface area contributed by atoms with E-state index in [1.165, 1.54) is 60.8 Å². The van der Waals surface area contributed by atoms with E-state index in [-0.39, 0.29) is 0 Å². The molecule has 0 amide bonds. The monoisotopic (exact) mass is 378 g/mol. The zero-order valence-corrected chi connectivity index (χ0v) is 17.9. The van der Waals surface area contributed by atoms with Gasteiger partial charge in [0.05, 0.1) is 0 Å². The van der Waals surface area contributed by atoms with E-state index in [9.17, 15) is 0 Å². The highest BCUT2D eigenvalue weighted by Gasteiger charge is 2.27. The standard InChI is InChI=1S/C24H34N4/c1-17(2)22-13-20(7-9-25-22)28-12-8-19(16-28)24-15-21(27-10-5-6-11-27)14-23(26-24)18(3)4/h7,9,13-15,17-19H,5-6,8,10-12,16H2,1-4H3. The first-order valence-electron chi connectivity index (χ1n) is 11.0. The Hall–Kier alpha value is -2.10. The van der Waals surface area contributed by atoms with Gasteiger partial charge in [-0.05, 0) is 55.4 Å². The van der Waals surface area contributed by atoms with Crippen LogP contribution >= 0.6 is 0 Å². The van der Waals surface area contributed by atoms with Gasteiger partial charge in [-0.1, -0.05) is 27.7 Å². The minimum Gasteiger partial charge on any atom is -0.371 e. The fraction of sp³-hybridized carbons (Fsp3) is 0.583. The largest absolute Gasteiger partial charge is 0.371 e. The van der Waals surface area contributed by atoms with Crippen LogP contribution in [-0.4, -0.2) is 36.1 Å². The summed E-state index contributed by atoms with van der Waals surface area (Å²) in [6, 6.07) is 9.12. The van der Waals surface area contributed by atoms with Gasteiger partial charge in [0, 0.05) is 66.8 Å². The van der Waals surface area contributed by atoms with Gasteiger partial charge >= 0.3 is 0 Å². The fourth-order valence-corrected chi connectivity index (χ4v) is 4.41. The molecular formula is C24H34N4. The quantitative estimate of drug-likeness (QED) is 0.705. The molecular weight excluding hydrogens is 344 g/mol. The predicted molar refractivity (Wildman–Crippen MR) is 118 cm³/mol. The molecule has 0 N–H and O–H groups in total. The van der Waals surface area contributed by atoms with Crippen molar-refractivity contribution < 1.29 is 0 Å². The minimum atomic E-state index is 0.464. The van der Waals surface area contributed by atoms with Crippen molar-refractivity contribution in [3.05, 3.63) is 47.5 Å². The van der Waals surface area contributed by atoms with E-state index in [4.69, 9.17) is 4.98 Å². The SMILES string of the molecule is CC(C)c1cc(N2CCC(c3cc(N4CCCC4)cc(C(C)C)n3)C2)ccn1. The third-order valence-electron chi connectivity index (χ3n) is 6.24. The van der Waals surface area contributed by atoms with Crippen molar-refractivity contribution in [2.24, 2.45) is 0 Å². The molecule has 2 saturated heterocycles. The van der Waals surface area contributed by atoms with Crippen LogP contribution in [0.2, 0.25) is 0 Å². The molecule has 2 aliphatic heterocycles. The summed E-state index contributed by atoms with van der Waals surface area (Å²) in [5.41, 5.74) is 6.39. The van der Waals surface area contributed by atoms with Crippen LogP contribution < -0.4 is 9.80 Å². The molecule has 0 aliphatic carbocycles. The van der Waals surface area contributed by atoms with Gasteiger partial charge in [0.2, 0.25) is 0 Å². The van der Waals surface area contributed by atoms with Crippen LogP contribution in [0.4, 0.5) is 11.4 Å². The van der Waals surface area contributed by atoms with Crippen LogP contribution in [0.25, 0.3) is 0 Å². The molecule has 28 heavy (non-hydrogen) atoms. The Morgan fingerprint density at radius 3 is 2.29 bits per heavy atom. The lowest BCUT2D eigenvalue weighted by molar-refractivity contribution is 0.718. The lowest BCUT2D eigenvalue weighted by atomic mass is 10.0. The Bertz CT molecular complexity index is 808. The van der Waals surface area contributed by atoms with E-state index in [0.29, 0.717) is 17.8 Å². The number of nitrogens with zero attached hydrogens (tertiary/aromatic N) is 4. The first kappa shape index (κ1) is 19.2. The van der Waals surface area contributed by atoms with Crippen molar-refractivity contribution in [3.63, 3.8) is 0 Å². The highest BCUT2D eigenvalue weighted by atomic mass is 15.2. The zero-order valence-electron chi connectivity index (χ0n) is 17.9. The molecule has 0 radical (unpaired) electrons. The molecule has 0 spiro atoms. The Morgan fingerprint density at radius 2 is 1.57 bits per heavy atom. The van der Waals surface area contributed by atoms with Crippen molar-refractivity contribution >= 4 is 11.4 Å². The maximum Gasteiger partial charge on any atom is 0.0476 e. The van der Waals surface area contributed by atoms with Crippen molar-refractivity contribution in [2.45, 2.75) is 64.7 Å². The second-order valence-corrected chi connectivity index (χ2v) is 9.05. The van der Waals surface area contributed by atoms with Crippen molar-refractivity contribution in [1.82, 2.24) is 9.97 Å². The summed E-state index contributed by atoms with van der Waals surface area (Å²) in [6.07, 6.45) is 5.76. The molecule has 4 rings (SSSR count). The van der Waals surface area contributed by atoms with Crippen LogP contribution in [-0.2, 0) is 0 Å². The second-order valence-electron chi connectivity index (χ2n) is 9.05. The van der Waals surface area contributed by atoms with Crippen LogP contribution in [0.5, 0.6) is 0 Å². The lowest BCUT2D eigenvalue weighted by Gasteiger charge is -2.23. The van der Waals surface area contributed by atoms with E-state index in [1.54, 1.807) is 0 Å². The van der Waals surface area contributed by atoms with Gasteiger partial charge in [-0.25, -0.2) is 0 Å². The maximum absolute atomic E-state index is 5.09. The number of rotatable bonds is 5. The predicted octanol–water partition coefficient (Wildman–Crippen LogP) is 5.32. The Kier molecular flexibility index (Phi) is 5.56. The van der Waals surface area contributed by atoms with Crippen LogP contribution in [0.15, 0.2) is 30.5 Å². The van der Waals surface area contributed by atoms with Gasteiger partial charge in [-0.15, -0.1) is 0 Å². The number of hydrogen-bond acceptors (Lipinski definition) is 4. The summed E-state index contributed by atoms with van der Waals surface area (Å²) in [6.45, 7) is 13.4. The van der Waals surface area contributed by atoms with Gasteiger partial charge in [0.25, 0.3) is 0 Å². The van der Waals surface area contributed by atoms with Gasteiger partial charge < -0.3 is 9.80 Å². The maximum atomic E-state index is 5.09. The van der Waals surface area contributed by atoms with Gasteiger partial charge in [-0.2, -0.15) is 0 Å². The fourth-order valence-electron chi connectivity index (χ4n) is 4.41. The molecule has 4 heterocycles. The smallest absolute Gasteiger partial charge is 0.0476 e. The first-order chi connectivity index (χ1) is 13.5. The highest BCUT2D eigenvalue weighted by molar-refractivity contribution is 5.52. The summed E-state index contributed by atoms with van der Waals surface area (Å²) >= 11 is 0. The number of aromatic nitrogens is 2. The van der Waals surface area contributed by atoms with Crippen LogP contribution in [0, 0.1) is 0 Å². The van der Waals surface area contributed by atoms with E-state index >= 15 is 0 Å². The van der Waals surface area contributed by atoms with Gasteiger partial charge in [-0.3, -0.25) is 9.97 Å². The average Bonchev–Trinajstić information content (AvgIpc) is 3.40.